The molecule has 1 aromatic heterocycles. The summed E-state index contributed by atoms with van der Waals surface area (Å²) in [5.41, 5.74) is -0.203. The summed E-state index contributed by atoms with van der Waals surface area (Å²) in [6, 6.07) is 1.61. The van der Waals surface area contributed by atoms with Crippen LogP contribution in [0, 0.1) is 5.41 Å². The average Bonchev–Trinajstić information content (AvgIpc) is 3.12. The molecule has 0 aromatic carbocycles. The van der Waals surface area contributed by atoms with E-state index >= 15 is 0 Å². The highest BCUT2D eigenvalue weighted by Gasteiger charge is 2.49. The first-order valence-electron chi connectivity index (χ1n) is 10.3. The maximum Gasteiger partial charge on any atom is 0.478 e. The Balaban J connectivity index is 1.95. The van der Waals surface area contributed by atoms with Gasteiger partial charge in [-0.15, -0.1) is 0 Å². The minimum atomic E-state index is -4.19. The van der Waals surface area contributed by atoms with Gasteiger partial charge in [0, 0.05) is 24.4 Å². The van der Waals surface area contributed by atoms with E-state index in [2.05, 4.69) is 15.2 Å². The van der Waals surface area contributed by atoms with Crippen LogP contribution in [0.5, 0.6) is 0 Å². The largest absolute Gasteiger partial charge is 0.478 e. The molecule has 2 rings (SSSR count). The summed E-state index contributed by atoms with van der Waals surface area (Å²) >= 11 is 0. The van der Waals surface area contributed by atoms with Crippen LogP contribution in [0.2, 0.25) is 0 Å². The molecule has 0 aliphatic carbocycles. The molecule has 1 aliphatic heterocycles. The number of methoxy groups -OCH3 is 1. The Morgan fingerprint density at radius 3 is 2.58 bits per heavy atom. The predicted octanol–water partition coefficient (Wildman–Crippen LogP) is 2.08. The lowest BCUT2D eigenvalue weighted by molar-refractivity contribution is -0.144. The molecule has 1 saturated heterocycles. The van der Waals surface area contributed by atoms with E-state index in [1.807, 2.05) is 20.8 Å². The fourth-order valence-corrected chi connectivity index (χ4v) is 4.33. The van der Waals surface area contributed by atoms with E-state index in [1.54, 1.807) is 27.0 Å². The van der Waals surface area contributed by atoms with Crippen LogP contribution in [0.15, 0.2) is 6.07 Å². The first-order valence-corrected chi connectivity index (χ1v) is 11.8. The number of rotatable bonds is 8. The lowest BCUT2D eigenvalue weighted by Gasteiger charge is -2.39. The number of phosphoric acid groups is 1. The Hall–Kier alpha value is -2.27. The average molecular weight is 489 g/mol. The summed E-state index contributed by atoms with van der Waals surface area (Å²) < 4.78 is 39.5. The molecule has 1 aromatic rings. The summed E-state index contributed by atoms with van der Waals surface area (Å²) in [7, 11) is -1.35. The molecule has 13 heteroatoms. The van der Waals surface area contributed by atoms with E-state index in [-0.39, 0.29) is 30.7 Å². The van der Waals surface area contributed by atoms with Crippen molar-refractivity contribution in [2.45, 2.75) is 52.6 Å². The van der Waals surface area contributed by atoms with Gasteiger partial charge in [0.05, 0.1) is 25.8 Å². The molecule has 0 unspecified atom stereocenters. The summed E-state index contributed by atoms with van der Waals surface area (Å²) in [4.78, 5) is 36.1. The molecule has 2 heterocycles. The van der Waals surface area contributed by atoms with Gasteiger partial charge in [-0.3, -0.25) is 23.3 Å². The topological polar surface area (TPSA) is 144 Å². The maximum atomic E-state index is 12.9. The second kappa shape index (κ2) is 10.3. The molecule has 33 heavy (non-hydrogen) atoms. The molecular weight excluding hydrogens is 457 g/mol. The van der Waals surface area contributed by atoms with Gasteiger partial charge < -0.3 is 14.8 Å². The second-order valence-corrected chi connectivity index (χ2v) is 10.9. The zero-order valence-corrected chi connectivity index (χ0v) is 20.9. The minimum Gasteiger partial charge on any atom is -0.469 e. The number of aryl methyl sites for hydroxylation is 1. The first-order chi connectivity index (χ1) is 15.2. The van der Waals surface area contributed by atoms with Gasteiger partial charge in [0.2, 0.25) is 12.7 Å². The number of hydrogen-bond donors (Lipinski definition) is 1. The zero-order chi connectivity index (χ0) is 25.0. The van der Waals surface area contributed by atoms with Gasteiger partial charge in [0.1, 0.15) is 5.69 Å². The second-order valence-electron chi connectivity index (χ2n) is 9.28. The summed E-state index contributed by atoms with van der Waals surface area (Å²) in [6.45, 7) is 8.45. The van der Waals surface area contributed by atoms with Gasteiger partial charge >= 0.3 is 19.8 Å². The number of carbonyl (C=O) groups excluding carboxylic acids is 3. The fraction of sp³-hybridized carbons (Fsp3) is 0.700. The van der Waals surface area contributed by atoms with Gasteiger partial charge in [0.25, 0.3) is 0 Å². The fourth-order valence-electron chi connectivity index (χ4n) is 2.82. The zero-order valence-electron chi connectivity index (χ0n) is 20.0. The standard InChI is InChI=1S/C20H32N3O9P/c1-19(2,3)14-10-13(23(6)22-14)18(26)29-12-31-33(27)30-11-20(4,5)16(32-33)17(25)21-9-8-15(24)28-7/h10,16H,8-9,11-12H2,1-7H3,(H,21,25)/t16-,33-/m0/s1. The third-order valence-electron chi connectivity index (χ3n) is 4.89. The van der Waals surface area contributed by atoms with Crippen molar-refractivity contribution in [3.8, 4) is 0 Å². The number of hydrogen-bond acceptors (Lipinski definition) is 10. The van der Waals surface area contributed by atoms with Gasteiger partial charge in [0.15, 0.2) is 6.10 Å². The van der Waals surface area contributed by atoms with Crippen LogP contribution >= 0.6 is 7.82 Å². The molecule has 0 saturated carbocycles. The number of ether oxygens (including phenoxy) is 2. The lowest BCUT2D eigenvalue weighted by atomic mass is 9.87. The molecule has 0 spiro atoms. The molecule has 12 nitrogen and oxygen atoms in total. The Bertz CT molecular complexity index is 936. The minimum absolute atomic E-state index is 0.0202. The van der Waals surface area contributed by atoms with Crippen molar-refractivity contribution in [1.29, 1.82) is 0 Å². The summed E-state index contributed by atoms with van der Waals surface area (Å²) in [5, 5.41) is 6.83. The van der Waals surface area contributed by atoms with Crippen molar-refractivity contribution in [3.63, 3.8) is 0 Å². The number of amides is 1. The Labute approximate surface area is 192 Å². The van der Waals surface area contributed by atoms with Crippen LogP contribution in [-0.4, -0.2) is 60.8 Å². The van der Waals surface area contributed by atoms with Crippen molar-refractivity contribution in [3.05, 3.63) is 17.5 Å². The third-order valence-corrected chi connectivity index (χ3v) is 6.23. The molecule has 2 atom stereocenters. The van der Waals surface area contributed by atoms with Gasteiger partial charge in [-0.05, 0) is 6.07 Å². The van der Waals surface area contributed by atoms with Crippen LogP contribution in [-0.2, 0) is 49.7 Å². The van der Waals surface area contributed by atoms with Crippen LogP contribution in [0.4, 0.5) is 0 Å². The van der Waals surface area contributed by atoms with E-state index in [0.717, 1.165) is 0 Å². The van der Waals surface area contributed by atoms with E-state index in [4.69, 9.17) is 18.3 Å². The van der Waals surface area contributed by atoms with Crippen molar-refractivity contribution in [2.24, 2.45) is 12.5 Å². The number of carbonyl (C=O) groups is 3. The molecule has 1 fully saturated rings. The molecule has 0 bridgehead atoms. The van der Waals surface area contributed by atoms with Gasteiger partial charge in [-0.2, -0.15) is 5.10 Å². The highest BCUT2D eigenvalue weighted by atomic mass is 31.2. The van der Waals surface area contributed by atoms with E-state index < -0.39 is 44.0 Å². The molecule has 0 radical (unpaired) electrons. The van der Waals surface area contributed by atoms with Gasteiger partial charge in [-0.25, -0.2) is 13.9 Å². The quantitative estimate of drug-likeness (QED) is 0.327. The molecule has 1 N–H and O–H groups in total. The normalized spacial score (nSPS) is 22.5. The Morgan fingerprint density at radius 1 is 1.33 bits per heavy atom. The number of nitrogens with zero attached hydrogens (tertiary/aromatic N) is 2. The maximum absolute atomic E-state index is 12.9. The molecular formula is C20H32N3O9P. The Kier molecular flexibility index (Phi) is 8.45. The van der Waals surface area contributed by atoms with Crippen LogP contribution in [0.3, 0.4) is 0 Å². The molecule has 186 valence electrons. The summed E-state index contributed by atoms with van der Waals surface area (Å²) in [5.74, 6) is -1.81. The summed E-state index contributed by atoms with van der Waals surface area (Å²) in [6.07, 6.45) is -1.21. The Morgan fingerprint density at radius 2 is 2.00 bits per heavy atom. The number of esters is 2. The molecule has 1 amide bonds. The smallest absolute Gasteiger partial charge is 0.469 e. The predicted molar refractivity (Wildman–Crippen MR) is 115 cm³/mol. The van der Waals surface area contributed by atoms with E-state index in [1.165, 1.54) is 11.8 Å². The van der Waals surface area contributed by atoms with Crippen LogP contribution in [0.1, 0.15) is 57.2 Å². The van der Waals surface area contributed by atoms with E-state index in [0.29, 0.717) is 5.69 Å². The SMILES string of the molecule is COC(=O)CCNC(=O)[C@@H]1O[P@](=O)(OCOC(=O)c2cc(C(C)(C)C)nn2C)OCC1(C)C. The van der Waals surface area contributed by atoms with Crippen molar-refractivity contribution >= 4 is 25.7 Å². The van der Waals surface area contributed by atoms with Crippen LogP contribution < -0.4 is 5.32 Å². The van der Waals surface area contributed by atoms with Crippen molar-refractivity contribution in [2.75, 3.05) is 27.1 Å². The van der Waals surface area contributed by atoms with Crippen LogP contribution in [0.25, 0.3) is 0 Å². The number of nitrogens with one attached hydrogen (secondary N) is 1. The monoisotopic (exact) mass is 489 g/mol. The van der Waals surface area contributed by atoms with Gasteiger partial charge in [-0.1, -0.05) is 34.6 Å². The first kappa shape index (κ1) is 27.0. The number of aromatic nitrogens is 2. The van der Waals surface area contributed by atoms with E-state index in [9.17, 15) is 18.9 Å². The third kappa shape index (κ3) is 7.10. The van der Waals surface area contributed by atoms with Crippen molar-refractivity contribution in [1.82, 2.24) is 15.1 Å². The lowest BCUT2D eigenvalue weighted by Crippen LogP contribution is -2.50. The number of phosphoric ester groups is 1. The van der Waals surface area contributed by atoms with Crippen molar-refractivity contribution < 1.29 is 42.0 Å². The highest BCUT2D eigenvalue weighted by molar-refractivity contribution is 7.48. The highest BCUT2D eigenvalue weighted by Crippen LogP contribution is 2.57. The molecule has 1 aliphatic rings.